The molecule has 0 aliphatic heterocycles. The molecule has 1 heterocycles. The van der Waals surface area contributed by atoms with Gasteiger partial charge in [-0.1, -0.05) is 12.2 Å². The van der Waals surface area contributed by atoms with Crippen LogP contribution in [0.1, 0.15) is 5.56 Å². The Hall–Kier alpha value is -1.20. The largest absolute Gasteiger partial charge is 0.466 e. The van der Waals surface area contributed by atoms with Gasteiger partial charge in [-0.05, 0) is 6.07 Å². The second-order valence-corrected chi connectivity index (χ2v) is 2.76. The number of thiocarbonyl (C=S) groups is 1. The van der Waals surface area contributed by atoms with E-state index in [4.69, 9.17) is 27.4 Å². The predicted octanol–water partition coefficient (Wildman–Crippen LogP) is 0.699. The van der Waals surface area contributed by atoms with Gasteiger partial charge in [0.1, 0.15) is 10.7 Å². The lowest BCUT2D eigenvalue weighted by Gasteiger charge is -2.04. The lowest BCUT2D eigenvalue weighted by Crippen LogP contribution is -2.10. The standard InChI is InChI=1S/C8H10N2O2S/c1-11-5-12-7-2-6(8(9)13)3-10-4-7/h2-4H,5H2,1H3,(H2,9,13). The molecule has 4 nitrogen and oxygen atoms in total. The van der Waals surface area contributed by atoms with Crippen LogP contribution in [0.4, 0.5) is 0 Å². The van der Waals surface area contributed by atoms with Crippen molar-refractivity contribution in [3.8, 4) is 5.75 Å². The second-order valence-electron chi connectivity index (χ2n) is 2.32. The van der Waals surface area contributed by atoms with Crippen molar-refractivity contribution in [2.75, 3.05) is 13.9 Å². The monoisotopic (exact) mass is 198 g/mol. The third-order valence-corrected chi connectivity index (χ3v) is 1.58. The summed E-state index contributed by atoms with van der Waals surface area (Å²) in [6.45, 7) is 0.183. The van der Waals surface area contributed by atoms with E-state index in [1.54, 1.807) is 25.6 Å². The molecule has 0 amide bonds. The first-order valence-electron chi connectivity index (χ1n) is 3.60. The van der Waals surface area contributed by atoms with Crippen LogP contribution in [0, 0.1) is 0 Å². The van der Waals surface area contributed by atoms with Crippen molar-refractivity contribution in [3.63, 3.8) is 0 Å². The third-order valence-electron chi connectivity index (χ3n) is 1.34. The minimum Gasteiger partial charge on any atom is -0.466 e. The van der Waals surface area contributed by atoms with Crippen LogP contribution in [0.2, 0.25) is 0 Å². The average Bonchev–Trinajstić information content (AvgIpc) is 2.15. The number of hydrogen-bond donors (Lipinski definition) is 1. The molecule has 1 rings (SSSR count). The first-order chi connectivity index (χ1) is 6.24. The summed E-state index contributed by atoms with van der Waals surface area (Å²) in [5.74, 6) is 0.590. The number of nitrogens with zero attached hydrogens (tertiary/aromatic N) is 1. The Morgan fingerprint density at radius 2 is 2.38 bits per heavy atom. The van der Waals surface area contributed by atoms with Crippen LogP contribution in [-0.4, -0.2) is 23.9 Å². The van der Waals surface area contributed by atoms with Crippen LogP contribution in [0.25, 0.3) is 0 Å². The summed E-state index contributed by atoms with van der Waals surface area (Å²) in [4.78, 5) is 4.21. The number of ether oxygens (including phenoxy) is 2. The second kappa shape index (κ2) is 4.74. The molecule has 0 bridgehead atoms. The summed E-state index contributed by atoms with van der Waals surface area (Å²) in [6, 6.07) is 1.72. The van der Waals surface area contributed by atoms with Crippen molar-refractivity contribution in [2.45, 2.75) is 0 Å². The Balaban J connectivity index is 2.73. The van der Waals surface area contributed by atoms with Gasteiger partial charge < -0.3 is 15.2 Å². The van der Waals surface area contributed by atoms with E-state index >= 15 is 0 Å². The smallest absolute Gasteiger partial charge is 0.188 e. The Morgan fingerprint density at radius 1 is 1.62 bits per heavy atom. The van der Waals surface area contributed by atoms with Crippen molar-refractivity contribution < 1.29 is 9.47 Å². The summed E-state index contributed by atoms with van der Waals surface area (Å²) in [5, 5.41) is 0. The van der Waals surface area contributed by atoms with Crippen LogP contribution in [0.3, 0.4) is 0 Å². The lowest BCUT2D eigenvalue weighted by atomic mass is 10.3. The molecule has 0 spiro atoms. The number of methoxy groups -OCH3 is 1. The van der Waals surface area contributed by atoms with Crippen LogP contribution in [-0.2, 0) is 4.74 Å². The fourth-order valence-electron chi connectivity index (χ4n) is 0.759. The van der Waals surface area contributed by atoms with Gasteiger partial charge in [0.2, 0.25) is 0 Å². The van der Waals surface area contributed by atoms with Crippen LogP contribution < -0.4 is 10.5 Å². The molecule has 0 unspecified atom stereocenters. The van der Waals surface area contributed by atoms with E-state index < -0.39 is 0 Å². The summed E-state index contributed by atoms with van der Waals surface area (Å²) < 4.78 is 9.88. The maximum absolute atomic E-state index is 5.42. The molecule has 1 aromatic heterocycles. The van der Waals surface area contributed by atoms with Gasteiger partial charge >= 0.3 is 0 Å². The first kappa shape index (κ1) is 9.88. The minimum atomic E-state index is 0.183. The topological polar surface area (TPSA) is 57.4 Å². The molecule has 0 radical (unpaired) electrons. The molecule has 5 heteroatoms. The van der Waals surface area contributed by atoms with E-state index in [2.05, 4.69) is 4.98 Å². The zero-order chi connectivity index (χ0) is 9.68. The molecule has 0 aromatic carbocycles. The molecular formula is C8H10N2O2S. The summed E-state index contributed by atoms with van der Waals surface area (Å²) >= 11 is 4.79. The average molecular weight is 198 g/mol. The molecule has 0 saturated heterocycles. The van der Waals surface area contributed by atoms with Crippen molar-refractivity contribution in [1.29, 1.82) is 0 Å². The zero-order valence-corrected chi connectivity index (χ0v) is 8.00. The predicted molar refractivity (Wildman–Crippen MR) is 52.6 cm³/mol. The van der Waals surface area contributed by atoms with Gasteiger partial charge in [0, 0.05) is 18.9 Å². The summed E-state index contributed by atoms with van der Waals surface area (Å²) in [7, 11) is 1.55. The van der Waals surface area contributed by atoms with E-state index in [9.17, 15) is 0 Å². The number of pyridine rings is 1. The Bertz CT molecular complexity index is 304. The van der Waals surface area contributed by atoms with Crippen molar-refractivity contribution in [3.05, 3.63) is 24.0 Å². The van der Waals surface area contributed by atoms with Gasteiger partial charge in [0.05, 0.1) is 6.20 Å². The first-order valence-corrected chi connectivity index (χ1v) is 4.01. The minimum absolute atomic E-state index is 0.183. The Morgan fingerprint density at radius 3 is 3.00 bits per heavy atom. The van der Waals surface area contributed by atoms with Crippen molar-refractivity contribution >= 4 is 17.2 Å². The molecule has 2 N–H and O–H groups in total. The Kier molecular flexibility index (Phi) is 3.60. The fraction of sp³-hybridized carbons (Fsp3) is 0.250. The SMILES string of the molecule is COCOc1cncc(C(N)=S)c1. The lowest BCUT2D eigenvalue weighted by molar-refractivity contribution is 0.0508. The van der Waals surface area contributed by atoms with Gasteiger partial charge in [-0.3, -0.25) is 4.98 Å². The number of aromatic nitrogens is 1. The summed E-state index contributed by atoms with van der Waals surface area (Å²) in [6.07, 6.45) is 3.16. The van der Waals surface area contributed by atoms with Crippen LogP contribution >= 0.6 is 12.2 Å². The molecule has 13 heavy (non-hydrogen) atoms. The number of hydrogen-bond acceptors (Lipinski definition) is 4. The number of rotatable bonds is 4. The molecular weight excluding hydrogens is 188 g/mol. The van der Waals surface area contributed by atoms with Crippen LogP contribution in [0.5, 0.6) is 5.75 Å². The van der Waals surface area contributed by atoms with Gasteiger partial charge in [-0.15, -0.1) is 0 Å². The van der Waals surface area contributed by atoms with E-state index in [0.29, 0.717) is 16.3 Å². The highest BCUT2D eigenvalue weighted by Crippen LogP contribution is 2.10. The van der Waals surface area contributed by atoms with Crippen molar-refractivity contribution in [1.82, 2.24) is 4.98 Å². The maximum atomic E-state index is 5.42. The van der Waals surface area contributed by atoms with Gasteiger partial charge in [0.15, 0.2) is 6.79 Å². The van der Waals surface area contributed by atoms with E-state index in [1.807, 2.05) is 0 Å². The molecule has 0 aliphatic rings. The molecule has 0 saturated carbocycles. The third kappa shape index (κ3) is 2.96. The molecule has 1 aromatic rings. The van der Waals surface area contributed by atoms with E-state index in [1.165, 1.54) is 0 Å². The highest BCUT2D eigenvalue weighted by molar-refractivity contribution is 7.80. The van der Waals surface area contributed by atoms with Gasteiger partial charge in [-0.25, -0.2) is 0 Å². The van der Waals surface area contributed by atoms with Gasteiger partial charge in [0.25, 0.3) is 0 Å². The van der Waals surface area contributed by atoms with Crippen LogP contribution in [0.15, 0.2) is 18.5 Å². The molecule has 0 atom stereocenters. The van der Waals surface area contributed by atoms with Crippen molar-refractivity contribution in [2.24, 2.45) is 5.73 Å². The summed E-state index contributed by atoms with van der Waals surface area (Å²) in [5.41, 5.74) is 6.10. The highest BCUT2D eigenvalue weighted by atomic mass is 32.1. The molecule has 0 aliphatic carbocycles. The zero-order valence-electron chi connectivity index (χ0n) is 7.19. The highest BCUT2D eigenvalue weighted by Gasteiger charge is 1.99. The quantitative estimate of drug-likeness (QED) is 0.570. The number of nitrogens with two attached hydrogens (primary N) is 1. The molecule has 70 valence electrons. The normalized spacial score (nSPS) is 9.62. The maximum Gasteiger partial charge on any atom is 0.188 e. The fourth-order valence-corrected chi connectivity index (χ4v) is 0.871. The molecule has 0 fully saturated rings. The van der Waals surface area contributed by atoms with E-state index in [-0.39, 0.29) is 6.79 Å². The van der Waals surface area contributed by atoms with Gasteiger partial charge in [-0.2, -0.15) is 0 Å². The Labute approximate surface area is 81.7 Å². The van der Waals surface area contributed by atoms with E-state index in [0.717, 1.165) is 0 Å².